The molecular weight excluding hydrogens is 318 g/mol. The van der Waals surface area contributed by atoms with Gasteiger partial charge in [0.2, 0.25) is 0 Å². The van der Waals surface area contributed by atoms with Gasteiger partial charge in [0.1, 0.15) is 11.6 Å². The number of nitrogens with zero attached hydrogens (tertiary/aromatic N) is 1. The zero-order valence-corrected chi connectivity index (χ0v) is 15.0. The average Bonchev–Trinajstić information content (AvgIpc) is 2.59. The first-order valence-electron chi connectivity index (χ1n) is 8.40. The van der Waals surface area contributed by atoms with Crippen LogP contribution in [-0.4, -0.2) is 25.0 Å². The van der Waals surface area contributed by atoms with Crippen LogP contribution in [0.1, 0.15) is 44.0 Å². The van der Waals surface area contributed by atoms with Gasteiger partial charge in [-0.2, -0.15) is 5.26 Å². The molecule has 0 bridgehead atoms. The molecule has 0 saturated carbocycles. The lowest BCUT2D eigenvalue weighted by Crippen LogP contribution is -2.20. The van der Waals surface area contributed by atoms with E-state index in [9.17, 15) is 9.59 Å². The molecule has 0 heterocycles. The third-order valence-electron chi connectivity index (χ3n) is 3.26. The molecule has 1 aromatic carbocycles. The maximum atomic E-state index is 12.3. The summed E-state index contributed by atoms with van der Waals surface area (Å²) in [6, 6.07) is 8.43. The lowest BCUT2D eigenvalue weighted by molar-refractivity contribution is -0.112. The molecule has 0 aliphatic carbocycles. The SMILES string of the molecule is CCCCOC(=O)c1ccccc1NC(=O)/C(C#N)=C\NCC(C)C. The summed E-state index contributed by atoms with van der Waals surface area (Å²) in [5, 5.41) is 14.7. The number of esters is 1. The lowest BCUT2D eigenvalue weighted by Gasteiger charge is -2.11. The second-order valence-corrected chi connectivity index (χ2v) is 5.96. The lowest BCUT2D eigenvalue weighted by atomic mass is 10.1. The largest absolute Gasteiger partial charge is 0.462 e. The van der Waals surface area contributed by atoms with Crippen molar-refractivity contribution in [2.75, 3.05) is 18.5 Å². The molecule has 6 heteroatoms. The van der Waals surface area contributed by atoms with Gasteiger partial charge < -0.3 is 15.4 Å². The summed E-state index contributed by atoms with van der Waals surface area (Å²) in [7, 11) is 0. The number of unbranched alkanes of at least 4 members (excludes halogenated alkanes) is 1. The maximum Gasteiger partial charge on any atom is 0.340 e. The minimum absolute atomic E-state index is 0.0604. The van der Waals surface area contributed by atoms with Crippen LogP contribution in [0.5, 0.6) is 0 Å². The molecule has 0 unspecified atom stereocenters. The van der Waals surface area contributed by atoms with Crippen molar-refractivity contribution in [2.45, 2.75) is 33.6 Å². The number of ether oxygens (including phenoxy) is 1. The first-order valence-corrected chi connectivity index (χ1v) is 8.40. The predicted molar refractivity (Wildman–Crippen MR) is 96.8 cm³/mol. The van der Waals surface area contributed by atoms with E-state index in [1.165, 1.54) is 6.20 Å². The molecule has 134 valence electrons. The highest BCUT2D eigenvalue weighted by molar-refractivity contribution is 6.09. The summed E-state index contributed by atoms with van der Waals surface area (Å²) in [5.74, 6) is -0.685. The van der Waals surface area contributed by atoms with Crippen LogP contribution in [0.4, 0.5) is 5.69 Å². The minimum Gasteiger partial charge on any atom is -0.462 e. The highest BCUT2D eigenvalue weighted by atomic mass is 16.5. The minimum atomic E-state index is -0.576. The molecule has 1 rings (SSSR count). The number of anilines is 1. The van der Waals surface area contributed by atoms with Crippen molar-refractivity contribution in [3.8, 4) is 6.07 Å². The Hall–Kier alpha value is -2.81. The Bertz CT molecular complexity index is 660. The average molecular weight is 343 g/mol. The van der Waals surface area contributed by atoms with Gasteiger partial charge in [-0.15, -0.1) is 0 Å². The van der Waals surface area contributed by atoms with Crippen molar-refractivity contribution >= 4 is 17.6 Å². The number of hydrogen-bond acceptors (Lipinski definition) is 5. The van der Waals surface area contributed by atoms with Crippen LogP contribution in [0, 0.1) is 17.2 Å². The molecule has 25 heavy (non-hydrogen) atoms. The first kappa shape index (κ1) is 20.2. The molecule has 0 fully saturated rings. The number of nitrogens with one attached hydrogen (secondary N) is 2. The summed E-state index contributed by atoms with van der Waals surface area (Å²) in [6.07, 6.45) is 3.09. The second kappa shape index (κ2) is 10.9. The maximum absolute atomic E-state index is 12.3. The van der Waals surface area contributed by atoms with Crippen molar-refractivity contribution in [1.82, 2.24) is 5.32 Å². The molecule has 0 aliphatic rings. The van der Waals surface area contributed by atoms with Crippen molar-refractivity contribution < 1.29 is 14.3 Å². The van der Waals surface area contributed by atoms with E-state index in [1.807, 2.05) is 26.8 Å². The van der Waals surface area contributed by atoms with Gasteiger partial charge in [-0.25, -0.2) is 4.79 Å². The van der Waals surface area contributed by atoms with E-state index >= 15 is 0 Å². The summed E-state index contributed by atoms with van der Waals surface area (Å²) < 4.78 is 5.19. The van der Waals surface area contributed by atoms with E-state index < -0.39 is 11.9 Å². The number of rotatable bonds is 9. The Morgan fingerprint density at radius 2 is 2.04 bits per heavy atom. The van der Waals surface area contributed by atoms with Crippen LogP contribution in [-0.2, 0) is 9.53 Å². The molecule has 0 aromatic heterocycles. The fraction of sp³-hybridized carbons (Fsp3) is 0.421. The van der Waals surface area contributed by atoms with E-state index in [-0.39, 0.29) is 11.1 Å². The van der Waals surface area contributed by atoms with Gasteiger partial charge in [-0.3, -0.25) is 4.79 Å². The molecular formula is C19H25N3O3. The van der Waals surface area contributed by atoms with Gasteiger partial charge in [0.25, 0.3) is 5.91 Å². The second-order valence-electron chi connectivity index (χ2n) is 5.96. The fourth-order valence-electron chi connectivity index (χ4n) is 1.89. The van der Waals surface area contributed by atoms with Crippen molar-refractivity contribution in [3.63, 3.8) is 0 Å². The van der Waals surface area contributed by atoms with Gasteiger partial charge >= 0.3 is 5.97 Å². The highest BCUT2D eigenvalue weighted by Gasteiger charge is 2.16. The predicted octanol–water partition coefficient (Wildman–Crippen LogP) is 3.24. The van der Waals surface area contributed by atoms with Crippen molar-refractivity contribution in [3.05, 3.63) is 41.6 Å². The Labute approximate surface area is 148 Å². The molecule has 2 N–H and O–H groups in total. The van der Waals surface area contributed by atoms with Crippen LogP contribution >= 0.6 is 0 Å². The Morgan fingerprint density at radius 1 is 1.32 bits per heavy atom. The first-order chi connectivity index (χ1) is 12.0. The van der Waals surface area contributed by atoms with E-state index in [4.69, 9.17) is 10.00 Å². The quantitative estimate of drug-likeness (QED) is 0.311. The zero-order chi connectivity index (χ0) is 18.7. The number of carbonyl (C=O) groups is 2. The van der Waals surface area contributed by atoms with E-state index in [0.29, 0.717) is 24.8 Å². The number of benzene rings is 1. The van der Waals surface area contributed by atoms with Gasteiger partial charge in [0.15, 0.2) is 0 Å². The number of carbonyl (C=O) groups excluding carboxylic acids is 2. The number of nitriles is 1. The van der Waals surface area contributed by atoms with E-state index in [1.54, 1.807) is 24.3 Å². The van der Waals surface area contributed by atoms with E-state index in [2.05, 4.69) is 10.6 Å². The van der Waals surface area contributed by atoms with Crippen molar-refractivity contribution in [1.29, 1.82) is 5.26 Å². The summed E-state index contributed by atoms with van der Waals surface area (Å²) in [4.78, 5) is 24.4. The Balaban J connectivity index is 2.83. The molecule has 0 spiro atoms. The summed E-state index contributed by atoms with van der Waals surface area (Å²) in [6.45, 7) is 7.03. The van der Waals surface area contributed by atoms with Crippen molar-refractivity contribution in [2.24, 2.45) is 5.92 Å². The summed E-state index contributed by atoms with van der Waals surface area (Å²) >= 11 is 0. The smallest absolute Gasteiger partial charge is 0.340 e. The molecule has 1 aromatic rings. The van der Waals surface area contributed by atoms with Gasteiger partial charge in [-0.05, 0) is 24.5 Å². The fourth-order valence-corrected chi connectivity index (χ4v) is 1.89. The van der Waals surface area contributed by atoms with Crippen LogP contribution in [0.2, 0.25) is 0 Å². The number of para-hydroxylation sites is 1. The standard InChI is InChI=1S/C19H25N3O3/c1-4-5-10-25-19(24)16-8-6-7-9-17(16)22-18(23)15(11-20)13-21-12-14(2)3/h6-9,13-14,21H,4-5,10,12H2,1-3H3,(H,22,23)/b15-13-. The van der Waals surface area contributed by atoms with Crippen LogP contribution < -0.4 is 10.6 Å². The molecule has 1 amide bonds. The van der Waals surface area contributed by atoms with Crippen LogP contribution in [0.25, 0.3) is 0 Å². The molecule has 6 nitrogen and oxygen atoms in total. The van der Waals surface area contributed by atoms with Gasteiger partial charge in [-0.1, -0.05) is 39.3 Å². The highest BCUT2D eigenvalue weighted by Crippen LogP contribution is 2.17. The van der Waals surface area contributed by atoms with Gasteiger partial charge in [0, 0.05) is 12.7 Å². The van der Waals surface area contributed by atoms with E-state index in [0.717, 1.165) is 12.8 Å². The summed E-state index contributed by atoms with van der Waals surface area (Å²) in [5.41, 5.74) is 0.521. The third-order valence-corrected chi connectivity index (χ3v) is 3.26. The normalized spacial score (nSPS) is 10.9. The third kappa shape index (κ3) is 7.08. The zero-order valence-electron chi connectivity index (χ0n) is 15.0. The number of amides is 1. The molecule has 0 atom stereocenters. The van der Waals surface area contributed by atoms with Crippen LogP contribution in [0.15, 0.2) is 36.0 Å². The van der Waals surface area contributed by atoms with Crippen LogP contribution in [0.3, 0.4) is 0 Å². The topological polar surface area (TPSA) is 91.2 Å². The molecule has 0 radical (unpaired) electrons. The molecule has 0 aliphatic heterocycles. The van der Waals surface area contributed by atoms with Gasteiger partial charge in [0.05, 0.1) is 17.9 Å². The number of hydrogen-bond donors (Lipinski definition) is 2. The monoisotopic (exact) mass is 343 g/mol. The Morgan fingerprint density at radius 3 is 2.68 bits per heavy atom. The molecule has 0 saturated heterocycles. The Kier molecular flexibility index (Phi) is 8.80.